The molecule has 0 aliphatic carbocycles. The van der Waals surface area contributed by atoms with Crippen molar-refractivity contribution < 1.29 is 8.42 Å². The number of allylic oxidation sites excluding steroid dienone is 1. The van der Waals surface area contributed by atoms with Crippen molar-refractivity contribution in [2.75, 3.05) is 7.05 Å². The molecule has 0 bridgehead atoms. The third kappa shape index (κ3) is 3.22. The first-order chi connectivity index (χ1) is 11.1. The quantitative estimate of drug-likeness (QED) is 0.644. The van der Waals surface area contributed by atoms with Gasteiger partial charge in [-0.3, -0.25) is 0 Å². The first-order valence-electron chi connectivity index (χ1n) is 7.02. The van der Waals surface area contributed by atoms with Crippen molar-refractivity contribution in [3.05, 3.63) is 71.8 Å². The summed E-state index contributed by atoms with van der Waals surface area (Å²) < 4.78 is 27.8. The molecule has 1 heterocycles. The van der Waals surface area contributed by atoms with Gasteiger partial charge >= 0.3 is 0 Å². The molecule has 0 aromatic heterocycles. The summed E-state index contributed by atoms with van der Waals surface area (Å²) in [6, 6.07) is 16.6. The molecule has 0 atom stereocenters. The van der Waals surface area contributed by atoms with Gasteiger partial charge in [0.2, 0.25) is 0 Å². The van der Waals surface area contributed by atoms with E-state index in [1.165, 1.54) is 5.01 Å². The van der Waals surface area contributed by atoms with E-state index in [9.17, 15) is 8.42 Å². The van der Waals surface area contributed by atoms with Crippen LogP contribution in [0.1, 0.15) is 11.1 Å². The van der Waals surface area contributed by atoms with Gasteiger partial charge in [0, 0.05) is 18.8 Å². The summed E-state index contributed by atoms with van der Waals surface area (Å²) in [5.41, 5.74) is 1.63. The van der Waals surface area contributed by atoms with Crippen LogP contribution in [-0.4, -0.2) is 32.5 Å². The van der Waals surface area contributed by atoms with Crippen LogP contribution in [0, 0.1) is 0 Å². The smallest absolute Gasteiger partial charge is 0.250 e. The molecule has 0 fully saturated rings. The molecule has 5 nitrogen and oxygen atoms in total. The fraction of sp³-hybridized carbons (Fsp3) is 0.0588. The molecule has 0 unspecified atom stereocenters. The predicted octanol–water partition coefficient (Wildman–Crippen LogP) is 2.77. The van der Waals surface area contributed by atoms with Crippen molar-refractivity contribution in [1.82, 2.24) is 5.01 Å². The number of fused-ring (bicyclic) bond motifs is 1. The maximum Gasteiger partial charge on any atom is 0.285 e. The summed E-state index contributed by atoms with van der Waals surface area (Å²) in [5, 5.41) is 5.67. The molecule has 0 N–H and O–H groups in total. The van der Waals surface area contributed by atoms with Crippen molar-refractivity contribution in [3.63, 3.8) is 0 Å². The fourth-order valence-corrected chi connectivity index (χ4v) is 3.46. The molecular weight excluding hydrogens is 310 g/mol. The number of amidine groups is 1. The number of sulfonamides is 1. The van der Waals surface area contributed by atoms with Gasteiger partial charge in [-0.05, 0) is 23.8 Å². The molecule has 116 valence electrons. The molecule has 2 aromatic carbocycles. The molecule has 1 aliphatic rings. The third-order valence-electron chi connectivity index (χ3n) is 3.33. The largest absolute Gasteiger partial charge is 0.285 e. The maximum absolute atomic E-state index is 12.0. The van der Waals surface area contributed by atoms with Gasteiger partial charge in [-0.15, -0.1) is 4.40 Å². The molecule has 3 rings (SSSR count). The van der Waals surface area contributed by atoms with Crippen molar-refractivity contribution in [3.8, 4) is 0 Å². The lowest BCUT2D eigenvalue weighted by Crippen LogP contribution is -2.20. The minimum Gasteiger partial charge on any atom is -0.250 e. The highest BCUT2D eigenvalue weighted by Crippen LogP contribution is 2.26. The van der Waals surface area contributed by atoms with Crippen LogP contribution in [0.5, 0.6) is 0 Å². The van der Waals surface area contributed by atoms with E-state index >= 15 is 0 Å². The van der Waals surface area contributed by atoms with Gasteiger partial charge < -0.3 is 0 Å². The van der Waals surface area contributed by atoms with E-state index in [2.05, 4.69) is 9.50 Å². The van der Waals surface area contributed by atoms with Crippen LogP contribution >= 0.6 is 0 Å². The van der Waals surface area contributed by atoms with Crippen molar-refractivity contribution >= 4 is 28.1 Å². The summed E-state index contributed by atoms with van der Waals surface area (Å²) >= 11 is 0. The monoisotopic (exact) mass is 325 g/mol. The number of benzene rings is 2. The van der Waals surface area contributed by atoms with Crippen LogP contribution < -0.4 is 0 Å². The summed E-state index contributed by atoms with van der Waals surface area (Å²) in [6.07, 6.45) is 5.31. The molecule has 6 heteroatoms. The van der Waals surface area contributed by atoms with Gasteiger partial charge in [0.05, 0.1) is 0 Å². The van der Waals surface area contributed by atoms with E-state index in [1.807, 2.05) is 36.4 Å². The lowest BCUT2D eigenvalue weighted by Gasteiger charge is -2.11. The van der Waals surface area contributed by atoms with Gasteiger partial charge in [-0.25, -0.2) is 5.01 Å². The van der Waals surface area contributed by atoms with Crippen LogP contribution in [-0.2, 0) is 10.0 Å². The number of rotatable bonds is 3. The zero-order chi connectivity index (χ0) is 16.3. The zero-order valence-electron chi connectivity index (χ0n) is 12.5. The average Bonchev–Trinajstić information content (AvgIpc) is 2.84. The summed E-state index contributed by atoms with van der Waals surface area (Å²) in [4.78, 5) is 0.219. The van der Waals surface area contributed by atoms with Crippen molar-refractivity contribution in [2.45, 2.75) is 4.90 Å². The molecule has 0 spiro atoms. The van der Waals surface area contributed by atoms with Crippen LogP contribution in [0.15, 0.2) is 75.1 Å². The SMILES string of the molecule is CN(/N=C\C=C\c1ccccc1)C1=NS(=O)(=O)c2ccccc21. The highest BCUT2D eigenvalue weighted by atomic mass is 32.2. The Morgan fingerprint density at radius 2 is 1.74 bits per heavy atom. The molecule has 0 saturated carbocycles. The Hall–Kier alpha value is -2.73. The van der Waals surface area contributed by atoms with E-state index in [1.54, 1.807) is 43.6 Å². The number of hydrazone groups is 1. The minimum absolute atomic E-state index is 0.219. The van der Waals surface area contributed by atoms with Crippen molar-refractivity contribution in [2.24, 2.45) is 9.50 Å². The Balaban J connectivity index is 1.78. The van der Waals surface area contributed by atoms with Gasteiger partial charge in [-0.2, -0.15) is 13.5 Å². The normalized spacial score (nSPS) is 15.8. The van der Waals surface area contributed by atoms with Crippen molar-refractivity contribution in [1.29, 1.82) is 0 Å². The van der Waals surface area contributed by atoms with E-state index in [0.717, 1.165) is 5.56 Å². The molecule has 0 amide bonds. The number of hydrogen-bond donors (Lipinski definition) is 0. The standard InChI is InChI=1S/C17H15N3O2S/c1-20(18-13-7-10-14-8-3-2-4-9-14)17-15-11-5-6-12-16(15)23(21,22)19-17/h2-13H,1H3/b10-7+,18-13-. The van der Waals surface area contributed by atoms with Gasteiger partial charge in [0.15, 0.2) is 5.84 Å². The molecule has 1 aliphatic heterocycles. The first kappa shape index (κ1) is 15.2. The number of hydrogen-bond acceptors (Lipinski definition) is 4. The molecule has 0 saturated heterocycles. The van der Waals surface area contributed by atoms with Crippen LogP contribution in [0.3, 0.4) is 0 Å². The van der Waals surface area contributed by atoms with Gasteiger partial charge in [-0.1, -0.05) is 48.5 Å². The minimum atomic E-state index is -3.62. The second-order valence-corrected chi connectivity index (χ2v) is 6.52. The Bertz CT molecular complexity index is 900. The highest BCUT2D eigenvalue weighted by molar-refractivity contribution is 7.90. The Morgan fingerprint density at radius 1 is 1.04 bits per heavy atom. The highest BCUT2D eigenvalue weighted by Gasteiger charge is 2.30. The van der Waals surface area contributed by atoms with E-state index in [0.29, 0.717) is 11.4 Å². The fourth-order valence-electron chi connectivity index (χ4n) is 2.23. The topological polar surface area (TPSA) is 62.1 Å². The summed E-state index contributed by atoms with van der Waals surface area (Å²) in [7, 11) is -1.95. The average molecular weight is 325 g/mol. The van der Waals surface area contributed by atoms with E-state index in [-0.39, 0.29) is 4.90 Å². The maximum atomic E-state index is 12.0. The Morgan fingerprint density at radius 3 is 2.52 bits per heavy atom. The number of nitrogens with zero attached hydrogens (tertiary/aromatic N) is 3. The first-order valence-corrected chi connectivity index (χ1v) is 8.46. The zero-order valence-corrected chi connectivity index (χ0v) is 13.3. The molecular formula is C17H15N3O2S. The molecule has 2 aromatic rings. The third-order valence-corrected chi connectivity index (χ3v) is 4.66. The molecule has 0 radical (unpaired) electrons. The van der Waals surface area contributed by atoms with Gasteiger partial charge in [0.1, 0.15) is 4.90 Å². The van der Waals surface area contributed by atoms with Crippen LogP contribution in [0.25, 0.3) is 6.08 Å². The second kappa shape index (κ2) is 6.18. The van der Waals surface area contributed by atoms with Crippen LogP contribution in [0.2, 0.25) is 0 Å². The lowest BCUT2D eigenvalue weighted by atomic mass is 10.2. The molecule has 23 heavy (non-hydrogen) atoms. The van der Waals surface area contributed by atoms with E-state index < -0.39 is 10.0 Å². The Labute approximate surface area is 135 Å². The predicted molar refractivity (Wildman–Crippen MR) is 91.9 cm³/mol. The lowest BCUT2D eigenvalue weighted by molar-refractivity contribution is 0.549. The summed E-state index contributed by atoms with van der Waals surface area (Å²) in [5.74, 6) is 0.324. The second-order valence-electron chi connectivity index (χ2n) is 4.94. The van der Waals surface area contributed by atoms with Crippen LogP contribution in [0.4, 0.5) is 0 Å². The van der Waals surface area contributed by atoms with Gasteiger partial charge in [0.25, 0.3) is 10.0 Å². The van der Waals surface area contributed by atoms with E-state index in [4.69, 9.17) is 0 Å². The Kier molecular flexibility index (Phi) is 4.08. The summed E-state index contributed by atoms with van der Waals surface area (Å²) in [6.45, 7) is 0.